The summed E-state index contributed by atoms with van der Waals surface area (Å²) in [7, 11) is 1.33. The average Bonchev–Trinajstić information content (AvgIpc) is 2.10. The van der Waals surface area contributed by atoms with Crippen molar-refractivity contribution in [3.8, 4) is 0 Å². The van der Waals surface area contributed by atoms with Gasteiger partial charge < -0.3 is 4.74 Å². The van der Waals surface area contributed by atoms with Gasteiger partial charge in [-0.1, -0.05) is 0 Å². The smallest absolute Gasteiger partial charge is 0.315 e. The Balaban J connectivity index is 3.04. The Hall–Kier alpha value is -0.320. The molecule has 0 atom stereocenters. The van der Waals surface area contributed by atoms with E-state index in [4.69, 9.17) is 0 Å². The predicted octanol–water partition coefficient (Wildman–Crippen LogP) is 2.33. The lowest BCUT2D eigenvalue weighted by Gasteiger charge is -2.00. The van der Waals surface area contributed by atoms with Gasteiger partial charge in [0, 0.05) is 6.42 Å². The van der Waals surface area contributed by atoms with Crippen LogP contribution in [0, 0.1) is 0 Å². The fourth-order valence-electron chi connectivity index (χ4n) is 0.717. The Morgan fingerprint density at radius 1 is 1.46 bits per heavy atom. The molecule has 0 fully saturated rings. The highest BCUT2D eigenvalue weighted by Crippen LogP contribution is 2.10. The molecule has 0 aliphatic carbocycles. The second kappa shape index (κ2) is 8.29. The fraction of sp³-hybridized carbons (Fsp3) is 0.875. The van der Waals surface area contributed by atoms with E-state index in [-0.39, 0.29) is 12.4 Å². The number of ether oxygens (including phenoxy) is 1. The normalized spacial score (nSPS) is 10.5. The first-order valence-corrected chi connectivity index (χ1v) is 5.25. The molecule has 0 unspecified atom stereocenters. The molecule has 0 rings (SSSR count). The maximum atomic E-state index is 11.6. The lowest BCUT2D eigenvalue weighted by molar-refractivity contribution is -0.137. The molecule has 13 heavy (non-hydrogen) atoms. The van der Waals surface area contributed by atoms with Gasteiger partial charge in [0.05, 0.1) is 12.9 Å². The van der Waals surface area contributed by atoms with E-state index >= 15 is 0 Å². The van der Waals surface area contributed by atoms with Gasteiger partial charge in [-0.3, -0.25) is 4.79 Å². The van der Waals surface area contributed by atoms with Crippen molar-refractivity contribution in [1.82, 2.24) is 0 Å². The van der Waals surface area contributed by atoms with Crippen LogP contribution < -0.4 is 0 Å². The molecular formula is C8H14F2O2S. The highest BCUT2D eigenvalue weighted by molar-refractivity contribution is 7.99. The fourth-order valence-corrected chi connectivity index (χ4v) is 1.55. The molecule has 0 aromatic heterocycles. The topological polar surface area (TPSA) is 26.3 Å². The first-order chi connectivity index (χ1) is 6.16. The number of rotatable bonds is 7. The van der Waals surface area contributed by atoms with Crippen molar-refractivity contribution in [1.29, 1.82) is 0 Å². The van der Waals surface area contributed by atoms with Gasteiger partial charge in [0.15, 0.2) is 0 Å². The number of carbonyl (C=O) groups is 1. The highest BCUT2D eigenvalue weighted by atomic mass is 32.2. The summed E-state index contributed by atoms with van der Waals surface area (Å²) in [6.07, 6.45) is -0.998. The van der Waals surface area contributed by atoms with E-state index in [9.17, 15) is 13.6 Å². The van der Waals surface area contributed by atoms with E-state index in [1.807, 2.05) is 0 Å². The summed E-state index contributed by atoms with van der Waals surface area (Å²) in [6.45, 7) is 0. The SMILES string of the molecule is COC(=O)CSCCCCC(F)F. The second-order valence-electron chi connectivity index (χ2n) is 2.52. The number of thioether (sulfide) groups is 1. The van der Waals surface area contributed by atoms with Crippen molar-refractivity contribution in [2.45, 2.75) is 25.7 Å². The van der Waals surface area contributed by atoms with E-state index in [0.29, 0.717) is 12.2 Å². The van der Waals surface area contributed by atoms with Gasteiger partial charge in [-0.25, -0.2) is 8.78 Å². The van der Waals surface area contributed by atoms with Crippen molar-refractivity contribution >= 4 is 17.7 Å². The quantitative estimate of drug-likeness (QED) is 0.478. The van der Waals surface area contributed by atoms with Crippen LogP contribution in [0.2, 0.25) is 0 Å². The number of alkyl halides is 2. The molecule has 5 heteroatoms. The van der Waals surface area contributed by atoms with Gasteiger partial charge >= 0.3 is 5.97 Å². The molecule has 0 saturated heterocycles. The van der Waals surface area contributed by atoms with Crippen LogP contribution in [0.5, 0.6) is 0 Å². The van der Waals surface area contributed by atoms with Crippen molar-refractivity contribution in [3.63, 3.8) is 0 Å². The summed E-state index contributed by atoms with van der Waals surface area (Å²) < 4.78 is 27.7. The number of carbonyl (C=O) groups excluding carboxylic acids is 1. The summed E-state index contributed by atoms with van der Waals surface area (Å²) in [5.74, 6) is 0.784. The number of halogens is 2. The third kappa shape index (κ3) is 9.60. The van der Waals surface area contributed by atoms with Gasteiger partial charge in [0.2, 0.25) is 6.43 Å². The number of hydrogen-bond acceptors (Lipinski definition) is 3. The number of esters is 1. The largest absolute Gasteiger partial charge is 0.468 e. The third-order valence-electron chi connectivity index (χ3n) is 1.41. The Morgan fingerprint density at radius 2 is 2.15 bits per heavy atom. The Kier molecular flexibility index (Phi) is 8.08. The highest BCUT2D eigenvalue weighted by Gasteiger charge is 2.02. The number of methoxy groups -OCH3 is 1. The van der Waals surface area contributed by atoms with Crippen LogP contribution in [-0.2, 0) is 9.53 Å². The van der Waals surface area contributed by atoms with Crippen molar-refractivity contribution < 1.29 is 18.3 Å². The summed E-state index contributed by atoms with van der Waals surface area (Å²) in [5.41, 5.74) is 0. The molecule has 0 saturated carbocycles. The lowest BCUT2D eigenvalue weighted by atomic mass is 10.3. The van der Waals surface area contributed by atoms with Crippen LogP contribution in [0.15, 0.2) is 0 Å². The van der Waals surface area contributed by atoms with Gasteiger partial charge in [0.25, 0.3) is 0 Å². The van der Waals surface area contributed by atoms with Gasteiger partial charge in [-0.05, 0) is 18.6 Å². The molecule has 0 amide bonds. The molecule has 0 N–H and O–H groups in total. The van der Waals surface area contributed by atoms with Gasteiger partial charge in [-0.15, -0.1) is 0 Å². The van der Waals surface area contributed by atoms with Crippen LogP contribution in [0.4, 0.5) is 8.78 Å². The first kappa shape index (κ1) is 12.7. The molecule has 2 nitrogen and oxygen atoms in total. The van der Waals surface area contributed by atoms with Gasteiger partial charge in [-0.2, -0.15) is 11.8 Å². The molecule has 78 valence electrons. The predicted molar refractivity (Wildman–Crippen MR) is 49.2 cm³/mol. The molecule has 0 aliphatic heterocycles. The zero-order valence-electron chi connectivity index (χ0n) is 7.59. The minimum absolute atomic E-state index is 0.0429. The number of hydrogen-bond donors (Lipinski definition) is 0. The minimum Gasteiger partial charge on any atom is -0.468 e. The first-order valence-electron chi connectivity index (χ1n) is 4.09. The third-order valence-corrected chi connectivity index (χ3v) is 2.43. The molecule has 0 aliphatic rings. The van der Waals surface area contributed by atoms with Crippen LogP contribution in [-0.4, -0.2) is 31.0 Å². The van der Waals surface area contributed by atoms with Crippen molar-refractivity contribution in [3.05, 3.63) is 0 Å². The van der Waals surface area contributed by atoms with E-state index in [1.54, 1.807) is 0 Å². The summed E-state index contributed by atoms with van der Waals surface area (Å²) in [4.78, 5) is 10.6. The minimum atomic E-state index is -2.20. The van der Waals surface area contributed by atoms with Crippen LogP contribution in [0.3, 0.4) is 0 Å². The molecule has 0 heterocycles. The van der Waals surface area contributed by atoms with Crippen molar-refractivity contribution in [2.24, 2.45) is 0 Å². The van der Waals surface area contributed by atoms with E-state index in [0.717, 1.165) is 12.2 Å². The average molecular weight is 212 g/mol. The van der Waals surface area contributed by atoms with Crippen LogP contribution in [0.25, 0.3) is 0 Å². The Bertz CT molecular complexity index is 142. The van der Waals surface area contributed by atoms with Crippen LogP contribution >= 0.6 is 11.8 Å². The monoisotopic (exact) mass is 212 g/mol. The Morgan fingerprint density at radius 3 is 2.69 bits per heavy atom. The maximum absolute atomic E-state index is 11.6. The van der Waals surface area contributed by atoms with E-state index in [1.165, 1.54) is 18.9 Å². The zero-order chi connectivity index (χ0) is 10.1. The molecule has 0 bridgehead atoms. The molecule has 0 aromatic rings. The summed E-state index contributed by atoms with van der Waals surface area (Å²) in [5, 5.41) is 0. The summed E-state index contributed by atoms with van der Waals surface area (Å²) in [6, 6.07) is 0. The zero-order valence-corrected chi connectivity index (χ0v) is 8.41. The van der Waals surface area contributed by atoms with E-state index in [2.05, 4.69) is 4.74 Å². The Labute approximate surface area is 81.0 Å². The van der Waals surface area contributed by atoms with E-state index < -0.39 is 6.43 Å². The standard InChI is InChI=1S/C8H14F2O2S/c1-12-8(11)6-13-5-3-2-4-7(9)10/h7H,2-6H2,1H3. The second-order valence-corrected chi connectivity index (χ2v) is 3.62. The summed E-state index contributed by atoms with van der Waals surface area (Å²) >= 11 is 1.42. The molecule has 0 spiro atoms. The van der Waals surface area contributed by atoms with Gasteiger partial charge in [0.1, 0.15) is 0 Å². The molecular weight excluding hydrogens is 198 g/mol. The maximum Gasteiger partial charge on any atom is 0.315 e. The number of unbranched alkanes of at least 4 members (excludes halogenated alkanes) is 1. The van der Waals surface area contributed by atoms with Crippen LogP contribution in [0.1, 0.15) is 19.3 Å². The molecule has 0 aromatic carbocycles. The molecule has 0 radical (unpaired) electrons. The lowest BCUT2D eigenvalue weighted by Crippen LogP contribution is -2.03. The van der Waals surface area contributed by atoms with Crippen molar-refractivity contribution in [2.75, 3.05) is 18.6 Å².